The molecule has 4 rings (SSSR count). The van der Waals surface area contributed by atoms with Crippen LogP contribution in [0.4, 0.5) is 0 Å². The molecule has 6 heteroatoms. The largest absolute Gasteiger partial charge is 0.497 e. The number of aromatic nitrogens is 1. The van der Waals surface area contributed by atoms with Gasteiger partial charge in [0.2, 0.25) is 0 Å². The highest BCUT2D eigenvalue weighted by Gasteiger charge is 2.29. The Morgan fingerprint density at radius 1 is 1.21 bits per heavy atom. The number of hydrogen-bond donors (Lipinski definition) is 2. The lowest BCUT2D eigenvalue weighted by molar-refractivity contribution is 0.0640. The Labute approximate surface area is 206 Å². The van der Waals surface area contributed by atoms with E-state index in [0.717, 1.165) is 53.7 Å². The maximum Gasteiger partial charge on any atom is 0.119 e. The summed E-state index contributed by atoms with van der Waals surface area (Å²) in [7, 11) is 1.64. The SMILES string of the molecule is COc1ccc2nccc([C@@H](O)CC[C@@H]3CCN(CC#Cc4cccc(Cl)c4)C[C@@H]3CO)c2c1. The first kappa shape index (κ1) is 24.5. The second-order valence-corrected chi connectivity index (χ2v) is 9.35. The molecule has 0 amide bonds. The number of piperidine rings is 1. The topological polar surface area (TPSA) is 65.8 Å². The van der Waals surface area contributed by atoms with Crippen LogP contribution in [-0.4, -0.2) is 53.4 Å². The smallest absolute Gasteiger partial charge is 0.119 e. The van der Waals surface area contributed by atoms with Gasteiger partial charge in [-0.05, 0) is 85.7 Å². The van der Waals surface area contributed by atoms with Gasteiger partial charge >= 0.3 is 0 Å². The molecular weight excluding hydrogens is 448 g/mol. The van der Waals surface area contributed by atoms with Gasteiger partial charge in [-0.2, -0.15) is 0 Å². The number of methoxy groups -OCH3 is 1. The summed E-state index contributed by atoms with van der Waals surface area (Å²) in [4.78, 5) is 6.71. The lowest BCUT2D eigenvalue weighted by atomic mass is 9.81. The number of nitrogens with zero attached hydrogens (tertiary/aromatic N) is 2. The van der Waals surface area contributed by atoms with E-state index in [9.17, 15) is 10.2 Å². The molecule has 3 aromatic rings. The first-order valence-electron chi connectivity index (χ1n) is 11.8. The Bertz CT molecular complexity index is 1170. The Balaban J connectivity index is 1.34. The standard InChI is InChI=1S/C28H31ClN2O3/c1-34-24-8-9-27-26(17-24)25(11-13-30-27)28(33)10-7-21-12-15-31(18-22(21)19-32)14-3-5-20-4-2-6-23(29)16-20/h2,4,6,8-9,11,13,16-17,21-22,28,32-33H,7,10,12,14-15,18-19H2,1H3/t21-,22-,28+/m1/s1. The molecule has 0 bridgehead atoms. The molecule has 0 saturated carbocycles. The highest BCUT2D eigenvalue weighted by atomic mass is 35.5. The van der Waals surface area contributed by atoms with Crippen molar-refractivity contribution in [2.45, 2.75) is 25.4 Å². The number of hydrogen-bond acceptors (Lipinski definition) is 5. The summed E-state index contributed by atoms with van der Waals surface area (Å²) in [5, 5.41) is 22.6. The van der Waals surface area contributed by atoms with Crippen LogP contribution < -0.4 is 4.74 Å². The van der Waals surface area contributed by atoms with Gasteiger partial charge < -0.3 is 14.9 Å². The number of aliphatic hydroxyl groups excluding tert-OH is 2. The van der Waals surface area contributed by atoms with Crippen molar-refractivity contribution in [3.8, 4) is 17.6 Å². The highest BCUT2D eigenvalue weighted by Crippen LogP contribution is 2.33. The average Bonchev–Trinajstić information content (AvgIpc) is 2.87. The number of ether oxygens (including phenoxy) is 1. The molecule has 1 aliphatic heterocycles. The van der Waals surface area contributed by atoms with Crippen molar-refractivity contribution >= 4 is 22.5 Å². The quantitative estimate of drug-likeness (QED) is 0.482. The van der Waals surface area contributed by atoms with Crippen molar-refractivity contribution in [2.24, 2.45) is 11.8 Å². The third-order valence-corrected chi connectivity index (χ3v) is 6.96. The van der Waals surface area contributed by atoms with Crippen molar-refractivity contribution in [1.29, 1.82) is 0 Å². The van der Waals surface area contributed by atoms with E-state index in [-0.39, 0.29) is 12.5 Å². The van der Waals surface area contributed by atoms with E-state index >= 15 is 0 Å². The van der Waals surface area contributed by atoms with Crippen LogP contribution in [0.25, 0.3) is 10.9 Å². The first-order valence-corrected chi connectivity index (χ1v) is 12.1. The second kappa shape index (κ2) is 11.7. The zero-order valence-corrected chi connectivity index (χ0v) is 20.2. The Morgan fingerprint density at radius 3 is 2.88 bits per heavy atom. The summed E-state index contributed by atoms with van der Waals surface area (Å²) >= 11 is 6.03. The lowest BCUT2D eigenvalue weighted by Crippen LogP contribution is -2.42. The molecule has 2 aromatic carbocycles. The molecular formula is C28H31ClN2O3. The second-order valence-electron chi connectivity index (χ2n) is 8.92. The molecule has 5 nitrogen and oxygen atoms in total. The highest BCUT2D eigenvalue weighted by molar-refractivity contribution is 6.30. The van der Waals surface area contributed by atoms with Gasteiger partial charge in [0.05, 0.1) is 25.3 Å². The van der Waals surface area contributed by atoms with Gasteiger partial charge in [0.1, 0.15) is 5.75 Å². The van der Waals surface area contributed by atoms with Gasteiger partial charge in [0.15, 0.2) is 0 Å². The van der Waals surface area contributed by atoms with Crippen molar-refractivity contribution in [2.75, 3.05) is 33.4 Å². The zero-order valence-electron chi connectivity index (χ0n) is 19.5. The number of pyridine rings is 1. The van der Waals surface area contributed by atoms with E-state index in [0.29, 0.717) is 23.9 Å². The molecule has 34 heavy (non-hydrogen) atoms. The number of aliphatic hydroxyl groups is 2. The predicted octanol–water partition coefficient (Wildman–Crippen LogP) is 4.69. The van der Waals surface area contributed by atoms with E-state index in [2.05, 4.69) is 21.7 Å². The Morgan fingerprint density at radius 2 is 2.09 bits per heavy atom. The first-order chi connectivity index (χ1) is 16.6. The van der Waals surface area contributed by atoms with Crippen LogP contribution in [0.15, 0.2) is 54.7 Å². The Hall–Kier alpha value is -2.62. The number of halogens is 1. The molecule has 1 fully saturated rings. The maximum absolute atomic E-state index is 11.0. The number of likely N-dealkylation sites (tertiary alicyclic amines) is 1. The molecule has 1 aromatic heterocycles. The fraction of sp³-hybridized carbons (Fsp3) is 0.393. The van der Waals surface area contributed by atoms with E-state index < -0.39 is 6.10 Å². The minimum atomic E-state index is -0.585. The van der Waals surface area contributed by atoms with Gasteiger partial charge in [-0.25, -0.2) is 0 Å². The fourth-order valence-electron chi connectivity index (χ4n) is 4.80. The van der Waals surface area contributed by atoms with Gasteiger partial charge in [-0.1, -0.05) is 29.5 Å². The molecule has 178 valence electrons. The molecule has 0 aliphatic carbocycles. The molecule has 0 unspecified atom stereocenters. The van der Waals surface area contributed by atoms with Gasteiger partial charge in [0.25, 0.3) is 0 Å². The summed E-state index contributed by atoms with van der Waals surface area (Å²) < 4.78 is 5.35. The minimum absolute atomic E-state index is 0.147. The third kappa shape index (κ3) is 6.08. The molecule has 0 spiro atoms. The molecule has 0 radical (unpaired) electrons. The number of fused-ring (bicyclic) bond motifs is 1. The number of benzene rings is 2. The zero-order chi connectivity index (χ0) is 23.9. The van der Waals surface area contributed by atoms with Crippen molar-refractivity contribution in [3.05, 3.63) is 70.9 Å². The summed E-state index contributed by atoms with van der Waals surface area (Å²) in [5.74, 6) is 7.72. The van der Waals surface area contributed by atoms with E-state index in [1.807, 2.05) is 48.5 Å². The molecule has 1 saturated heterocycles. The maximum atomic E-state index is 11.0. The number of rotatable bonds is 7. The van der Waals surface area contributed by atoms with Crippen LogP contribution in [0.3, 0.4) is 0 Å². The lowest BCUT2D eigenvalue weighted by Gasteiger charge is -2.37. The van der Waals surface area contributed by atoms with Crippen LogP contribution in [0, 0.1) is 23.7 Å². The van der Waals surface area contributed by atoms with Gasteiger partial charge in [-0.3, -0.25) is 9.88 Å². The monoisotopic (exact) mass is 478 g/mol. The van der Waals surface area contributed by atoms with Gasteiger partial charge in [-0.15, -0.1) is 0 Å². The van der Waals surface area contributed by atoms with Crippen LogP contribution >= 0.6 is 11.6 Å². The van der Waals surface area contributed by atoms with Crippen LogP contribution in [-0.2, 0) is 0 Å². The van der Waals surface area contributed by atoms with E-state index in [4.69, 9.17) is 16.3 Å². The third-order valence-electron chi connectivity index (χ3n) is 6.72. The molecule has 2 N–H and O–H groups in total. The van der Waals surface area contributed by atoms with Crippen LogP contribution in [0.2, 0.25) is 5.02 Å². The molecule has 3 atom stereocenters. The summed E-state index contributed by atoms with van der Waals surface area (Å²) in [6.45, 7) is 2.57. The summed E-state index contributed by atoms with van der Waals surface area (Å²) in [5.41, 5.74) is 2.63. The van der Waals surface area contributed by atoms with E-state index in [1.54, 1.807) is 13.3 Å². The van der Waals surface area contributed by atoms with Crippen molar-refractivity contribution < 1.29 is 14.9 Å². The molecule has 2 heterocycles. The van der Waals surface area contributed by atoms with Crippen LogP contribution in [0.5, 0.6) is 5.75 Å². The van der Waals surface area contributed by atoms with Crippen LogP contribution in [0.1, 0.15) is 36.5 Å². The Kier molecular flexibility index (Phi) is 8.42. The summed E-state index contributed by atoms with van der Waals surface area (Å²) in [6, 6.07) is 15.2. The van der Waals surface area contributed by atoms with Gasteiger partial charge in [0, 0.05) is 35.3 Å². The fourth-order valence-corrected chi connectivity index (χ4v) is 4.99. The summed E-state index contributed by atoms with van der Waals surface area (Å²) in [6.07, 6.45) is 3.65. The van der Waals surface area contributed by atoms with Crippen molar-refractivity contribution in [3.63, 3.8) is 0 Å². The molecule has 1 aliphatic rings. The minimum Gasteiger partial charge on any atom is -0.497 e. The van der Waals surface area contributed by atoms with Crippen molar-refractivity contribution in [1.82, 2.24) is 9.88 Å². The normalized spacial score (nSPS) is 19.4. The van der Waals surface area contributed by atoms with E-state index in [1.165, 1.54) is 0 Å². The predicted molar refractivity (Wildman–Crippen MR) is 136 cm³/mol. The average molecular weight is 479 g/mol.